The van der Waals surface area contributed by atoms with Crippen LogP contribution in [0.1, 0.15) is 13.8 Å². The summed E-state index contributed by atoms with van der Waals surface area (Å²) in [5.41, 5.74) is 0.0286. The minimum Gasteiger partial charge on any atom is -0.479 e. The van der Waals surface area contributed by atoms with E-state index >= 15 is 0 Å². The Morgan fingerprint density at radius 3 is 2.56 bits per heavy atom. The third-order valence-corrected chi connectivity index (χ3v) is 4.22. The molecule has 140 valence electrons. The Morgan fingerprint density at radius 2 is 1.85 bits per heavy atom. The normalized spacial score (nSPS) is 11.8. The molecule has 0 saturated heterocycles. The van der Waals surface area contributed by atoms with Crippen LogP contribution in [0.25, 0.3) is 11.0 Å². The van der Waals surface area contributed by atoms with Gasteiger partial charge in [0.1, 0.15) is 23.3 Å². The minimum atomic E-state index is -0.769. The second kappa shape index (κ2) is 8.26. The average molecular weight is 433 g/mol. The molecule has 1 aromatic heterocycles. The Hall–Kier alpha value is -2.80. The summed E-state index contributed by atoms with van der Waals surface area (Å²) >= 11 is 3.34. The molecule has 27 heavy (non-hydrogen) atoms. The molecular weight excluding hydrogens is 416 g/mol. The van der Waals surface area contributed by atoms with Crippen LogP contribution in [0.2, 0.25) is 0 Å². The lowest BCUT2D eigenvalue weighted by atomic mass is 10.2. The molecule has 1 heterocycles. The van der Waals surface area contributed by atoms with Gasteiger partial charge in [-0.15, -0.1) is 0 Å². The summed E-state index contributed by atoms with van der Waals surface area (Å²) in [5.74, 6) is 0.538. The third-order valence-electron chi connectivity index (χ3n) is 3.69. The van der Waals surface area contributed by atoms with Crippen LogP contribution in [0.5, 0.6) is 17.2 Å². The summed E-state index contributed by atoms with van der Waals surface area (Å²) in [7, 11) is 0. The topological polar surface area (TPSA) is 75.0 Å². The maximum atomic E-state index is 12.6. The highest BCUT2D eigenvalue weighted by Crippen LogP contribution is 2.25. The molecule has 0 unspecified atom stereocenters. The first-order chi connectivity index (χ1) is 13.0. The number of esters is 1. The van der Waals surface area contributed by atoms with Crippen LogP contribution >= 0.6 is 15.9 Å². The van der Waals surface area contributed by atoms with E-state index in [4.69, 9.17) is 18.6 Å². The van der Waals surface area contributed by atoms with E-state index in [1.807, 2.05) is 12.1 Å². The highest BCUT2D eigenvalue weighted by molar-refractivity contribution is 9.10. The monoisotopic (exact) mass is 432 g/mol. The lowest BCUT2D eigenvalue weighted by Crippen LogP contribution is -2.26. The standard InChI is InChI=1S/C20H17BrO6/c1-3-24-20(23)12(2)26-15-8-9-16-17(10-15)25-11-18(19(16)22)27-14-6-4-13(21)5-7-14/h4-12H,3H2,1-2H3/t12-/m1/s1. The average Bonchev–Trinajstić information content (AvgIpc) is 2.66. The van der Waals surface area contributed by atoms with Gasteiger partial charge in [-0.1, -0.05) is 15.9 Å². The number of benzene rings is 2. The fourth-order valence-corrected chi connectivity index (χ4v) is 2.64. The molecule has 7 heteroatoms. The Bertz CT molecular complexity index is 1010. The lowest BCUT2D eigenvalue weighted by molar-refractivity contribution is -0.150. The van der Waals surface area contributed by atoms with E-state index in [2.05, 4.69) is 15.9 Å². The van der Waals surface area contributed by atoms with Crippen molar-refractivity contribution in [2.75, 3.05) is 6.61 Å². The molecule has 3 rings (SSSR count). The van der Waals surface area contributed by atoms with Crippen molar-refractivity contribution in [1.82, 2.24) is 0 Å². The molecule has 0 aliphatic carbocycles. The first-order valence-corrected chi connectivity index (χ1v) is 9.09. The van der Waals surface area contributed by atoms with Crippen molar-refractivity contribution < 1.29 is 23.4 Å². The second-order valence-corrected chi connectivity index (χ2v) is 6.57. The van der Waals surface area contributed by atoms with Gasteiger partial charge in [0, 0.05) is 10.5 Å². The number of ether oxygens (including phenoxy) is 3. The van der Waals surface area contributed by atoms with Crippen molar-refractivity contribution in [3.8, 4) is 17.2 Å². The van der Waals surface area contributed by atoms with Gasteiger partial charge in [-0.2, -0.15) is 0 Å². The zero-order chi connectivity index (χ0) is 19.4. The molecule has 6 nitrogen and oxygen atoms in total. The largest absolute Gasteiger partial charge is 0.479 e. The quantitative estimate of drug-likeness (QED) is 0.526. The fourth-order valence-electron chi connectivity index (χ4n) is 2.38. The van der Waals surface area contributed by atoms with Crippen molar-refractivity contribution >= 4 is 32.9 Å². The van der Waals surface area contributed by atoms with Gasteiger partial charge in [0.25, 0.3) is 0 Å². The van der Waals surface area contributed by atoms with Crippen LogP contribution in [0.3, 0.4) is 0 Å². The Balaban J connectivity index is 1.83. The van der Waals surface area contributed by atoms with E-state index < -0.39 is 12.1 Å². The Morgan fingerprint density at radius 1 is 1.15 bits per heavy atom. The van der Waals surface area contributed by atoms with E-state index in [-0.39, 0.29) is 17.8 Å². The molecule has 0 aliphatic heterocycles. The van der Waals surface area contributed by atoms with Crippen LogP contribution in [-0.2, 0) is 9.53 Å². The van der Waals surface area contributed by atoms with Crippen LogP contribution in [0.15, 0.2) is 62.4 Å². The molecule has 2 aromatic carbocycles. The van der Waals surface area contributed by atoms with E-state index in [0.29, 0.717) is 22.5 Å². The van der Waals surface area contributed by atoms with Crippen LogP contribution < -0.4 is 14.9 Å². The lowest BCUT2D eigenvalue weighted by Gasteiger charge is -2.13. The molecule has 1 atom stereocenters. The number of hydrogen-bond donors (Lipinski definition) is 0. The number of carbonyl (C=O) groups is 1. The van der Waals surface area contributed by atoms with E-state index in [1.165, 1.54) is 6.26 Å². The van der Waals surface area contributed by atoms with Gasteiger partial charge in [-0.3, -0.25) is 4.79 Å². The predicted molar refractivity (Wildman–Crippen MR) is 103 cm³/mol. The molecule has 0 N–H and O–H groups in total. The number of halogens is 1. The van der Waals surface area contributed by atoms with Crippen molar-refractivity contribution in [3.63, 3.8) is 0 Å². The summed E-state index contributed by atoms with van der Waals surface area (Å²) in [6.45, 7) is 3.59. The second-order valence-electron chi connectivity index (χ2n) is 5.66. The Labute approximate surface area is 163 Å². The van der Waals surface area contributed by atoms with E-state index in [0.717, 1.165) is 4.47 Å². The SMILES string of the molecule is CCOC(=O)[C@@H](C)Oc1ccc2c(=O)c(Oc3ccc(Br)cc3)coc2c1. The first kappa shape index (κ1) is 19.0. The van der Waals surface area contributed by atoms with Crippen LogP contribution in [-0.4, -0.2) is 18.7 Å². The molecule has 3 aromatic rings. The number of carbonyl (C=O) groups excluding carboxylic acids is 1. The van der Waals surface area contributed by atoms with Gasteiger partial charge < -0.3 is 18.6 Å². The number of fused-ring (bicyclic) bond motifs is 1. The fraction of sp³-hybridized carbons (Fsp3) is 0.200. The summed E-state index contributed by atoms with van der Waals surface area (Å²) in [5, 5.41) is 0.348. The zero-order valence-corrected chi connectivity index (χ0v) is 16.3. The summed E-state index contributed by atoms with van der Waals surface area (Å²) in [6.07, 6.45) is 0.486. The molecule has 0 radical (unpaired) electrons. The van der Waals surface area contributed by atoms with E-state index in [1.54, 1.807) is 44.2 Å². The van der Waals surface area contributed by atoms with Gasteiger partial charge in [-0.05, 0) is 50.2 Å². The van der Waals surface area contributed by atoms with E-state index in [9.17, 15) is 9.59 Å². The molecule has 0 aliphatic rings. The van der Waals surface area contributed by atoms with Crippen molar-refractivity contribution in [3.05, 3.63) is 63.4 Å². The molecule has 0 spiro atoms. The van der Waals surface area contributed by atoms with Gasteiger partial charge in [0.2, 0.25) is 11.2 Å². The number of rotatable bonds is 6. The van der Waals surface area contributed by atoms with Crippen molar-refractivity contribution in [2.24, 2.45) is 0 Å². The van der Waals surface area contributed by atoms with Gasteiger partial charge in [0.05, 0.1) is 12.0 Å². The smallest absolute Gasteiger partial charge is 0.347 e. The van der Waals surface area contributed by atoms with Gasteiger partial charge >= 0.3 is 5.97 Å². The predicted octanol–water partition coefficient (Wildman–Crippen LogP) is 4.68. The molecule has 0 saturated carbocycles. The molecule has 0 amide bonds. The summed E-state index contributed by atoms with van der Waals surface area (Å²) in [6, 6.07) is 11.8. The van der Waals surface area contributed by atoms with Crippen molar-refractivity contribution in [1.29, 1.82) is 0 Å². The minimum absolute atomic E-state index is 0.0818. The van der Waals surface area contributed by atoms with Crippen molar-refractivity contribution in [2.45, 2.75) is 20.0 Å². The maximum Gasteiger partial charge on any atom is 0.347 e. The number of hydrogen-bond acceptors (Lipinski definition) is 6. The summed E-state index contributed by atoms with van der Waals surface area (Å²) < 4.78 is 22.5. The third kappa shape index (κ3) is 4.49. The summed E-state index contributed by atoms with van der Waals surface area (Å²) in [4.78, 5) is 24.3. The Kier molecular flexibility index (Phi) is 5.81. The molecule has 0 bridgehead atoms. The van der Waals surface area contributed by atoms with Crippen LogP contribution in [0, 0.1) is 0 Å². The van der Waals surface area contributed by atoms with Crippen LogP contribution in [0.4, 0.5) is 0 Å². The van der Waals surface area contributed by atoms with Gasteiger partial charge in [0.15, 0.2) is 6.10 Å². The highest BCUT2D eigenvalue weighted by Gasteiger charge is 2.17. The maximum absolute atomic E-state index is 12.6. The highest BCUT2D eigenvalue weighted by atomic mass is 79.9. The zero-order valence-electron chi connectivity index (χ0n) is 14.7. The molecule has 0 fully saturated rings. The van der Waals surface area contributed by atoms with Gasteiger partial charge in [-0.25, -0.2) is 4.79 Å². The molecular formula is C20H17BrO6. The first-order valence-electron chi connectivity index (χ1n) is 8.30.